The molecule has 37 heavy (non-hydrogen) atoms. The summed E-state index contributed by atoms with van der Waals surface area (Å²) in [4.78, 5) is 38.6. The summed E-state index contributed by atoms with van der Waals surface area (Å²) in [5, 5.41) is 20.7. The number of allylic oxidation sites excluding steroid dienone is 3. The van der Waals surface area contributed by atoms with Gasteiger partial charge in [0.25, 0.3) is 5.91 Å². The Morgan fingerprint density at radius 2 is 2.11 bits per heavy atom. The largest absolute Gasteiger partial charge is 0.480 e. The van der Waals surface area contributed by atoms with Crippen LogP contribution in [0.3, 0.4) is 0 Å². The van der Waals surface area contributed by atoms with Gasteiger partial charge >= 0.3 is 5.97 Å². The van der Waals surface area contributed by atoms with Crippen LogP contribution in [0.5, 0.6) is 0 Å². The number of halogens is 2. The highest BCUT2D eigenvalue weighted by molar-refractivity contribution is 8.18. The van der Waals surface area contributed by atoms with Crippen molar-refractivity contribution in [3.05, 3.63) is 33.3 Å². The van der Waals surface area contributed by atoms with Crippen LogP contribution in [0.4, 0.5) is 0 Å². The Balaban J connectivity index is 1.33. The maximum atomic E-state index is 12.4. The molecule has 3 aliphatic rings. The molecule has 206 valence electrons. The van der Waals surface area contributed by atoms with Crippen molar-refractivity contribution in [3.8, 4) is 0 Å². The van der Waals surface area contributed by atoms with Gasteiger partial charge in [-0.1, -0.05) is 61.0 Å². The number of nitrogens with one attached hydrogen (secondary N) is 3. The van der Waals surface area contributed by atoms with Gasteiger partial charge in [-0.25, -0.2) is 4.79 Å². The van der Waals surface area contributed by atoms with E-state index in [1.807, 2.05) is 26.0 Å². The third-order valence-corrected chi connectivity index (χ3v) is 9.07. The van der Waals surface area contributed by atoms with Crippen LogP contribution in [0.1, 0.15) is 26.7 Å². The average Bonchev–Trinajstić information content (AvgIpc) is 3.32. The third-order valence-electron chi connectivity index (χ3n) is 5.96. The van der Waals surface area contributed by atoms with Gasteiger partial charge in [0.05, 0.1) is 28.5 Å². The summed E-state index contributed by atoms with van der Waals surface area (Å²) in [5.74, 6) is -0.976. The number of morpholine rings is 1. The SMILES string of the molecule is CC(C)C[C@H](NC(=O)C1=CSC(SCC(=O)NC[C@H]2CN(CC3C=C(Cl)C(Cl)=CC3)CCO2)N1)C(=O)O. The second kappa shape index (κ2) is 14.7. The van der Waals surface area contributed by atoms with Gasteiger partial charge in [0.1, 0.15) is 16.4 Å². The molecule has 0 spiro atoms. The standard InChI is InChI=1S/C24H34Cl2N4O5S2/c1-14(2)7-19(23(33)34)28-22(32)20-12-36-24(29-20)37-13-21(31)27-9-16-11-30(5-6-35-16)10-15-3-4-17(25)18(26)8-15/h4,8,12,14-16,19,24,29H,3,5-7,9-11,13H2,1-2H3,(H,27,31)(H,28,32)(H,33,34)/t15?,16-,19-,24?/m0/s1. The number of thioether (sulfide) groups is 2. The van der Waals surface area contributed by atoms with Crippen molar-refractivity contribution in [2.24, 2.45) is 11.8 Å². The lowest BCUT2D eigenvalue weighted by Crippen LogP contribution is -2.49. The second-order valence-corrected chi connectivity index (χ2v) is 12.8. The van der Waals surface area contributed by atoms with Crippen molar-refractivity contribution in [3.63, 3.8) is 0 Å². The number of carbonyl (C=O) groups excluding carboxylic acids is 2. The van der Waals surface area contributed by atoms with Gasteiger partial charge < -0.3 is 25.8 Å². The fraction of sp³-hybridized carbons (Fsp3) is 0.625. The monoisotopic (exact) mass is 592 g/mol. The van der Waals surface area contributed by atoms with E-state index in [1.165, 1.54) is 23.5 Å². The fourth-order valence-corrected chi connectivity index (χ4v) is 6.46. The molecular formula is C24H34Cl2N4O5S2. The minimum atomic E-state index is -1.06. The molecule has 3 rings (SSSR count). The number of carbonyl (C=O) groups is 3. The molecule has 4 N–H and O–H groups in total. The van der Waals surface area contributed by atoms with Crippen LogP contribution in [-0.4, -0.2) is 83.2 Å². The first kappa shape index (κ1) is 30.2. The minimum Gasteiger partial charge on any atom is -0.480 e. The molecule has 9 nitrogen and oxygen atoms in total. The first-order valence-electron chi connectivity index (χ1n) is 12.2. The molecule has 1 saturated heterocycles. The van der Waals surface area contributed by atoms with E-state index in [1.54, 1.807) is 5.41 Å². The molecule has 0 radical (unpaired) electrons. The highest BCUT2D eigenvalue weighted by Crippen LogP contribution is 2.30. The van der Waals surface area contributed by atoms with Crippen LogP contribution in [0.25, 0.3) is 0 Å². The normalized spacial score (nSPS) is 25.0. The summed E-state index contributed by atoms with van der Waals surface area (Å²) >= 11 is 14.9. The van der Waals surface area contributed by atoms with Crippen molar-refractivity contribution in [1.29, 1.82) is 0 Å². The second-order valence-electron chi connectivity index (χ2n) is 9.57. The number of carboxylic acid groups (broad SMARTS) is 1. The smallest absolute Gasteiger partial charge is 0.326 e. The zero-order chi connectivity index (χ0) is 26.9. The molecule has 0 saturated carbocycles. The summed E-state index contributed by atoms with van der Waals surface area (Å²) in [6.45, 7) is 7.25. The molecule has 0 bridgehead atoms. The van der Waals surface area contributed by atoms with Crippen LogP contribution in [0.15, 0.2) is 33.3 Å². The van der Waals surface area contributed by atoms with Crippen LogP contribution < -0.4 is 16.0 Å². The Labute approximate surface area is 236 Å². The van der Waals surface area contributed by atoms with E-state index >= 15 is 0 Å². The van der Waals surface area contributed by atoms with Gasteiger partial charge in [-0.15, -0.1) is 11.8 Å². The number of amides is 2. The van der Waals surface area contributed by atoms with E-state index in [-0.39, 0.29) is 28.4 Å². The van der Waals surface area contributed by atoms with E-state index in [2.05, 4.69) is 20.9 Å². The number of nitrogens with zero attached hydrogens (tertiary/aromatic N) is 1. The minimum absolute atomic E-state index is 0.0890. The summed E-state index contributed by atoms with van der Waals surface area (Å²) in [5.41, 5.74) is 0.306. The number of ether oxygens (including phenoxy) is 1. The number of hydrogen-bond donors (Lipinski definition) is 4. The predicted octanol–water partition coefficient (Wildman–Crippen LogP) is 2.88. The molecule has 2 amide bonds. The van der Waals surface area contributed by atoms with Gasteiger partial charge in [-0.05, 0) is 24.7 Å². The van der Waals surface area contributed by atoms with Crippen molar-refractivity contribution >= 4 is 64.5 Å². The molecule has 2 unspecified atom stereocenters. The average molecular weight is 594 g/mol. The summed E-state index contributed by atoms with van der Waals surface area (Å²) in [7, 11) is 0. The Bertz CT molecular complexity index is 946. The van der Waals surface area contributed by atoms with Crippen molar-refractivity contribution in [2.75, 3.05) is 38.5 Å². The van der Waals surface area contributed by atoms with Crippen molar-refractivity contribution in [1.82, 2.24) is 20.9 Å². The zero-order valence-corrected chi connectivity index (χ0v) is 24.0. The van der Waals surface area contributed by atoms with Gasteiger partial charge in [0.2, 0.25) is 5.91 Å². The lowest BCUT2D eigenvalue weighted by atomic mass is 9.99. The van der Waals surface area contributed by atoms with E-state index in [0.717, 1.165) is 26.1 Å². The van der Waals surface area contributed by atoms with E-state index in [4.69, 9.17) is 27.9 Å². The van der Waals surface area contributed by atoms with Gasteiger partial charge in [-0.2, -0.15) is 0 Å². The molecule has 1 fully saturated rings. The molecule has 4 atom stereocenters. The van der Waals surface area contributed by atoms with Gasteiger partial charge in [0, 0.05) is 31.6 Å². The predicted molar refractivity (Wildman–Crippen MR) is 149 cm³/mol. The quantitative estimate of drug-likeness (QED) is 0.271. The first-order valence-corrected chi connectivity index (χ1v) is 15.0. The van der Waals surface area contributed by atoms with Gasteiger partial charge in [-0.3, -0.25) is 14.5 Å². The molecule has 2 aliphatic heterocycles. The Morgan fingerprint density at radius 3 is 2.81 bits per heavy atom. The molecule has 0 aromatic heterocycles. The molecular weight excluding hydrogens is 559 g/mol. The summed E-state index contributed by atoms with van der Waals surface area (Å²) < 4.78 is 5.62. The van der Waals surface area contributed by atoms with Crippen LogP contribution in [0.2, 0.25) is 0 Å². The van der Waals surface area contributed by atoms with Crippen molar-refractivity contribution in [2.45, 2.75) is 43.5 Å². The maximum absolute atomic E-state index is 12.4. The van der Waals surface area contributed by atoms with Crippen LogP contribution in [-0.2, 0) is 19.1 Å². The molecule has 0 aromatic carbocycles. The summed E-state index contributed by atoms with van der Waals surface area (Å²) in [6, 6.07) is -0.942. The van der Waals surface area contributed by atoms with E-state index < -0.39 is 17.9 Å². The molecule has 1 aliphatic carbocycles. The van der Waals surface area contributed by atoms with Crippen molar-refractivity contribution < 1.29 is 24.2 Å². The van der Waals surface area contributed by atoms with E-state index in [0.29, 0.717) is 41.3 Å². The topological polar surface area (TPSA) is 120 Å². The number of carboxylic acids is 1. The zero-order valence-electron chi connectivity index (χ0n) is 20.9. The Morgan fingerprint density at radius 1 is 1.32 bits per heavy atom. The highest BCUT2D eigenvalue weighted by atomic mass is 35.5. The fourth-order valence-electron chi connectivity index (χ4n) is 4.12. The lowest BCUT2D eigenvalue weighted by molar-refractivity contribution is -0.141. The number of rotatable bonds is 12. The highest BCUT2D eigenvalue weighted by Gasteiger charge is 2.28. The van der Waals surface area contributed by atoms with Gasteiger partial charge in [0.15, 0.2) is 0 Å². The van der Waals surface area contributed by atoms with Crippen LogP contribution >= 0.6 is 46.7 Å². The maximum Gasteiger partial charge on any atom is 0.326 e. The summed E-state index contributed by atoms with van der Waals surface area (Å²) in [6.07, 6.45) is 5.07. The van der Waals surface area contributed by atoms with E-state index in [9.17, 15) is 19.5 Å². The first-order chi connectivity index (χ1) is 17.6. The molecule has 2 heterocycles. The third kappa shape index (κ3) is 10.0. The number of aliphatic carboxylic acids is 1. The number of hydrogen-bond acceptors (Lipinski definition) is 8. The van der Waals surface area contributed by atoms with Crippen LogP contribution in [0, 0.1) is 11.8 Å². The Hall–Kier alpha value is -1.37. The Kier molecular flexibility index (Phi) is 12.0. The molecule has 0 aromatic rings. The lowest BCUT2D eigenvalue weighted by Gasteiger charge is -2.35. The molecule has 13 heteroatoms.